The Labute approximate surface area is 219 Å². The molecule has 2 aliphatic heterocycles. The topological polar surface area (TPSA) is 36.9 Å². The Morgan fingerprint density at radius 1 is 0.500 bits per heavy atom. The highest BCUT2D eigenvalue weighted by atomic mass is 32.1. The van der Waals surface area contributed by atoms with Gasteiger partial charge in [0.15, 0.2) is 0 Å². The van der Waals surface area contributed by atoms with E-state index < -0.39 is 0 Å². The minimum absolute atomic E-state index is 0.481. The summed E-state index contributed by atoms with van der Waals surface area (Å²) in [5.41, 5.74) is 4.21. The molecule has 2 aliphatic rings. The van der Waals surface area contributed by atoms with E-state index >= 15 is 0 Å². The first-order valence-electron chi connectivity index (χ1n) is 12.1. The van der Waals surface area contributed by atoms with Crippen LogP contribution in [0, 0.1) is 0 Å². The predicted octanol–water partition coefficient (Wildman–Crippen LogP) is 8.25. The van der Waals surface area contributed by atoms with E-state index in [1.807, 2.05) is 48.6 Å². The van der Waals surface area contributed by atoms with Crippen molar-refractivity contribution in [2.75, 3.05) is 26.4 Å². The first-order valence-corrected chi connectivity index (χ1v) is 13.9. The molecule has 0 saturated carbocycles. The van der Waals surface area contributed by atoms with Crippen LogP contribution in [0.25, 0.3) is 32.0 Å². The summed E-state index contributed by atoms with van der Waals surface area (Å²) in [7, 11) is 0. The largest absolute Gasteiger partial charge is 0.492 e. The van der Waals surface area contributed by atoms with Crippen molar-refractivity contribution in [1.82, 2.24) is 0 Å². The summed E-state index contributed by atoms with van der Waals surface area (Å²) >= 11 is 3.46. The average molecular weight is 515 g/mol. The van der Waals surface area contributed by atoms with Crippen molar-refractivity contribution in [2.24, 2.45) is 0 Å². The summed E-state index contributed by atoms with van der Waals surface area (Å²) in [6, 6.07) is 16.5. The summed E-state index contributed by atoms with van der Waals surface area (Å²) in [5, 5.41) is 4.28. The fourth-order valence-corrected chi connectivity index (χ4v) is 6.52. The van der Waals surface area contributed by atoms with Gasteiger partial charge >= 0.3 is 0 Å². The van der Waals surface area contributed by atoms with Gasteiger partial charge in [0.2, 0.25) is 0 Å². The lowest BCUT2D eigenvalue weighted by Gasteiger charge is -2.17. The van der Waals surface area contributed by atoms with Gasteiger partial charge in [0.05, 0.1) is 34.1 Å². The van der Waals surface area contributed by atoms with E-state index in [0.29, 0.717) is 26.4 Å². The van der Waals surface area contributed by atoms with Crippen molar-refractivity contribution < 1.29 is 18.9 Å². The third-order valence-corrected chi connectivity index (χ3v) is 8.13. The Bertz CT molecular complexity index is 1350. The van der Waals surface area contributed by atoms with E-state index in [0.717, 1.165) is 58.1 Å². The van der Waals surface area contributed by atoms with E-state index in [-0.39, 0.29) is 0 Å². The van der Waals surface area contributed by atoms with Gasteiger partial charge in [0.25, 0.3) is 0 Å². The molecule has 2 aromatic carbocycles. The molecular weight excluding hydrogens is 488 g/mol. The Morgan fingerprint density at radius 3 is 1.42 bits per heavy atom. The molecule has 0 radical (unpaired) electrons. The molecule has 0 spiro atoms. The minimum atomic E-state index is 0.481. The van der Waals surface area contributed by atoms with Crippen LogP contribution in [0.1, 0.15) is 12.8 Å². The highest BCUT2D eigenvalue weighted by molar-refractivity contribution is 7.21. The number of ether oxygens (including phenoxy) is 4. The molecular formula is C30H26O4S2. The van der Waals surface area contributed by atoms with Gasteiger partial charge in [-0.3, -0.25) is 0 Å². The van der Waals surface area contributed by atoms with E-state index in [1.165, 1.54) is 9.75 Å². The molecule has 0 fully saturated rings. The van der Waals surface area contributed by atoms with Crippen LogP contribution in [-0.2, 0) is 0 Å². The lowest BCUT2D eigenvalue weighted by molar-refractivity contribution is 0.310. The van der Waals surface area contributed by atoms with Crippen LogP contribution in [0.4, 0.5) is 0 Å². The number of hydrogen-bond acceptors (Lipinski definition) is 6. The minimum Gasteiger partial charge on any atom is -0.492 e. The number of hydrogen-bond donors (Lipinski definition) is 0. The molecule has 0 N–H and O–H groups in total. The normalized spacial score (nSPS) is 17.0. The van der Waals surface area contributed by atoms with Crippen LogP contribution < -0.4 is 18.9 Å². The van der Waals surface area contributed by atoms with Crippen molar-refractivity contribution >= 4 is 22.7 Å². The van der Waals surface area contributed by atoms with Gasteiger partial charge in [-0.25, -0.2) is 0 Å². The summed E-state index contributed by atoms with van der Waals surface area (Å²) in [6.45, 7) is 2.12. The fraction of sp³-hybridized carbons (Fsp3) is 0.200. The van der Waals surface area contributed by atoms with Gasteiger partial charge in [-0.1, -0.05) is 36.4 Å². The summed E-state index contributed by atoms with van der Waals surface area (Å²) in [6.07, 6.45) is 9.89. The first kappa shape index (κ1) is 23.0. The molecule has 0 aliphatic carbocycles. The van der Waals surface area contributed by atoms with Gasteiger partial charge in [-0.05, 0) is 60.0 Å². The molecule has 6 rings (SSSR count). The van der Waals surface area contributed by atoms with Crippen LogP contribution in [-0.4, -0.2) is 26.4 Å². The molecule has 0 unspecified atom stereocenters. The zero-order valence-corrected chi connectivity index (χ0v) is 21.4. The molecule has 4 nitrogen and oxygen atoms in total. The van der Waals surface area contributed by atoms with Crippen LogP contribution in [0.5, 0.6) is 23.0 Å². The van der Waals surface area contributed by atoms with Crippen molar-refractivity contribution in [3.05, 3.63) is 83.6 Å². The molecule has 6 heteroatoms. The molecule has 0 atom stereocenters. The Hall–Kier alpha value is -3.48. The molecule has 2 aromatic heterocycles. The molecule has 0 saturated heterocycles. The van der Waals surface area contributed by atoms with Gasteiger partial charge in [-0.15, -0.1) is 22.7 Å². The standard InChI is InChI=1S/C30H26O4S2/c1-3-15-31-23-9-7-11-25-27(23)21-13-19-35-29(21)30-22(14-20-36-30)28-24(32-16-4-1)10-8-12-26(28)34-18-6-2-5-17-33-25/h1-3,5,7-14,19-20H,4,6,15-18H2/b3-1+,5-2+. The highest BCUT2D eigenvalue weighted by Gasteiger charge is 2.24. The lowest BCUT2D eigenvalue weighted by Crippen LogP contribution is -2.02. The monoisotopic (exact) mass is 514 g/mol. The maximum absolute atomic E-state index is 6.32. The second kappa shape index (κ2) is 10.6. The summed E-state index contributed by atoms with van der Waals surface area (Å²) in [4.78, 5) is 2.36. The SMILES string of the molecule is C1=C/COc2cccc3c2-c2ccsc2-c2sccc2-c2c(cccc2OCC/C=C/CO3)OCC/1. The van der Waals surface area contributed by atoms with Crippen molar-refractivity contribution in [3.8, 4) is 55.0 Å². The number of thiophene rings is 2. The quantitative estimate of drug-likeness (QED) is 0.221. The zero-order valence-electron chi connectivity index (χ0n) is 19.8. The maximum atomic E-state index is 6.32. The molecule has 182 valence electrons. The van der Waals surface area contributed by atoms with Crippen LogP contribution >= 0.6 is 22.7 Å². The van der Waals surface area contributed by atoms with Crippen LogP contribution in [0.3, 0.4) is 0 Å². The predicted molar refractivity (Wildman–Crippen MR) is 148 cm³/mol. The van der Waals surface area contributed by atoms with Crippen molar-refractivity contribution in [1.29, 1.82) is 0 Å². The molecule has 4 heterocycles. The maximum Gasteiger partial charge on any atom is 0.131 e. The van der Waals surface area contributed by atoms with E-state index in [1.54, 1.807) is 22.7 Å². The molecule has 36 heavy (non-hydrogen) atoms. The highest BCUT2D eigenvalue weighted by Crippen LogP contribution is 2.52. The average Bonchev–Trinajstić information content (AvgIpc) is 3.56. The fourth-order valence-electron chi connectivity index (χ4n) is 4.52. The molecule has 2 bridgehead atoms. The molecule has 4 aromatic rings. The van der Waals surface area contributed by atoms with Crippen LogP contribution in [0.2, 0.25) is 0 Å². The van der Waals surface area contributed by atoms with Gasteiger partial charge in [0.1, 0.15) is 36.2 Å². The second-order valence-electron chi connectivity index (χ2n) is 8.42. The number of rotatable bonds is 0. The van der Waals surface area contributed by atoms with Crippen molar-refractivity contribution in [3.63, 3.8) is 0 Å². The van der Waals surface area contributed by atoms with Crippen LogP contribution in [0.15, 0.2) is 83.6 Å². The smallest absolute Gasteiger partial charge is 0.131 e. The van der Waals surface area contributed by atoms with Crippen molar-refractivity contribution in [2.45, 2.75) is 12.8 Å². The van der Waals surface area contributed by atoms with Gasteiger partial charge in [0, 0.05) is 11.1 Å². The zero-order chi connectivity index (χ0) is 24.2. The third-order valence-electron chi connectivity index (χ3n) is 6.14. The summed E-state index contributed by atoms with van der Waals surface area (Å²) < 4.78 is 25.2. The Kier molecular flexibility index (Phi) is 6.79. The third kappa shape index (κ3) is 4.54. The Balaban J connectivity index is 1.63. The first-order chi connectivity index (χ1) is 17.9. The van der Waals surface area contributed by atoms with E-state index in [2.05, 4.69) is 35.0 Å². The van der Waals surface area contributed by atoms with E-state index in [4.69, 9.17) is 18.9 Å². The Morgan fingerprint density at radius 2 is 0.944 bits per heavy atom. The van der Waals surface area contributed by atoms with Gasteiger partial charge in [-0.2, -0.15) is 0 Å². The molecule has 0 amide bonds. The number of benzene rings is 2. The van der Waals surface area contributed by atoms with E-state index in [9.17, 15) is 0 Å². The lowest BCUT2D eigenvalue weighted by atomic mass is 9.99. The van der Waals surface area contributed by atoms with Gasteiger partial charge < -0.3 is 18.9 Å². The second-order valence-corrected chi connectivity index (χ2v) is 10.3. The summed E-state index contributed by atoms with van der Waals surface area (Å²) in [5.74, 6) is 3.32.